The number of aromatic amines is 1. The first kappa shape index (κ1) is 20.2. The normalized spacial score (nSPS) is 15.9. The lowest BCUT2D eigenvalue weighted by Crippen LogP contribution is -2.29. The van der Waals surface area contributed by atoms with Crippen LogP contribution in [0.1, 0.15) is 43.0 Å². The number of anilines is 1. The van der Waals surface area contributed by atoms with E-state index in [0.29, 0.717) is 17.8 Å². The zero-order chi connectivity index (χ0) is 23.5. The molecular weight excluding hydrogens is 436 g/mol. The molecule has 2 N–H and O–H groups in total. The number of rotatable bonds is 4. The Hall–Kier alpha value is -4.20. The van der Waals surface area contributed by atoms with Gasteiger partial charge in [-0.25, -0.2) is 4.98 Å². The van der Waals surface area contributed by atoms with Gasteiger partial charge in [-0.2, -0.15) is 19.6 Å². The SMILES string of the molecule is CC(C)c1cnn2c(NC3CCc4[nH]c5ccccc5c4C3)nc(-n3cnc4ccccc43)nc12. The van der Waals surface area contributed by atoms with Gasteiger partial charge in [-0.15, -0.1) is 0 Å². The van der Waals surface area contributed by atoms with E-state index in [1.807, 2.05) is 39.5 Å². The molecule has 0 spiro atoms. The van der Waals surface area contributed by atoms with E-state index in [1.54, 1.807) is 6.33 Å². The van der Waals surface area contributed by atoms with E-state index in [-0.39, 0.29) is 6.04 Å². The smallest absolute Gasteiger partial charge is 0.240 e. The van der Waals surface area contributed by atoms with Crippen LogP contribution in [-0.2, 0) is 12.8 Å². The Balaban J connectivity index is 1.32. The molecule has 2 aromatic carbocycles. The summed E-state index contributed by atoms with van der Waals surface area (Å²) >= 11 is 0. The summed E-state index contributed by atoms with van der Waals surface area (Å²) in [6.07, 6.45) is 6.67. The second kappa shape index (κ2) is 7.66. The number of nitrogens with zero attached hydrogens (tertiary/aromatic N) is 6. The van der Waals surface area contributed by atoms with Gasteiger partial charge in [0.05, 0.1) is 17.2 Å². The van der Waals surface area contributed by atoms with Gasteiger partial charge in [0.2, 0.25) is 11.9 Å². The van der Waals surface area contributed by atoms with Crippen LogP contribution in [0.15, 0.2) is 61.1 Å². The highest BCUT2D eigenvalue weighted by Crippen LogP contribution is 2.31. The van der Waals surface area contributed by atoms with Crippen molar-refractivity contribution in [1.29, 1.82) is 0 Å². The van der Waals surface area contributed by atoms with Crippen LogP contribution in [0.5, 0.6) is 0 Å². The van der Waals surface area contributed by atoms with E-state index in [2.05, 4.69) is 58.5 Å². The third kappa shape index (κ3) is 3.20. The Morgan fingerprint density at radius 1 is 1.06 bits per heavy atom. The van der Waals surface area contributed by atoms with E-state index < -0.39 is 0 Å². The zero-order valence-electron chi connectivity index (χ0n) is 19.7. The second-order valence-electron chi connectivity index (χ2n) is 9.65. The Labute approximate surface area is 202 Å². The maximum absolute atomic E-state index is 4.96. The van der Waals surface area contributed by atoms with Crippen LogP contribution in [-0.4, -0.2) is 40.2 Å². The molecule has 0 radical (unpaired) electrons. The number of aromatic nitrogens is 7. The van der Waals surface area contributed by atoms with E-state index in [0.717, 1.165) is 41.5 Å². The van der Waals surface area contributed by atoms with E-state index in [1.165, 1.54) is 22.2 Å². The summed E-state index contributed by atoms with van der Waals surface area (Å²) in [5.74, 6) is 1.61. The van der Waals surface area contributed by atoms with Crippen LogP contribution in [0.3, 0.4) is 0 Å². The first-order valence-corrected chi connectivity index (χ1v) is 12.2. The molecule has 0 amide bonds. The van der Waals surface area contributed by atoms with Crippen LogP contribution in [0.4, 0.5) is 5.95 Å². The monoisotopic (exact) mass is 462 g/mol. The minimum Gasteiger partial charge on any atom is -0.358 e. The molecule has 1 atom stereocenters. The summed E-state index contributed by atoms with van der Waals surface area (Å²) in [5, 5.41) is 9.71. The highest BCUT2D eigenvalue weighted by molar-refractivity contribution is 5.85. The quantitative estimate of drug-likeness (QED) is 0.383. The molecule has 35 heavy (non-hydrogen) atoms. The van der Waals surface area contributed by atoms with Crippen molar-refractivity contribution in [1.82, 2.24) is 34.1 Å². The Bertz CT molecular complexity index is 1700. The highest BCUT2D eigenvalue weighted by atomic mass is 15.4. The van der Waals surface area contributed by atoms with Crippen molar-refractivity contribution in [2.24, 2.45) is 0 Å². The molecule has 1 aliphatic rings. The molecule has 1 unspecified atom stereocenters. The lowest BCUT2D eigenvalue weighted by atomic mass is 9.91. The van der Waals surface area contributed by atoms with Crippen molar-refractivity contribution >= 4 is 33.5 Å². The minimum atomic E-state index is 0.249. The fraction of sp³-hybridized carbons (Fsp3) is 0.259. The lowest BCUT2D eigenvalue weighted by Gasteiger charge is -2.24. The molecule has 174 valence electrons. The Morgan fingerprint density at radius 3 is 2.83 bits per heavy atom. The summed E-state index contributed by atoms with van der Waals surface area (Å²) in [4.78, 5) is 18.1. The van der Waals surface area contributed by atoms with Gasteiger partial charge in [0, 0.05) is 28.2 Å². The van der Waals surface area contributed by atoms with Gasteiger partial charge in [-0.05, 0) is 48.9 Å². The number of hydrogen-bond acceptors (Lipinski definition) is 5. The summed E-state index contributed by atoms with van der Waals surface area (Å²) in [7, 11) is 0. The highest BCUT2D eigenvalue weighted by Gasteiger charge is 2.25. The van der Waals surface area contributed by atoms with Gasteiger partial charge >= 0.3 is 0 Å². The number of H-pyrrole nitrogens is 1. The molecular formula is C27H26N8. The summed E-state index contributed by atoms with van der Waals surface area (Å²) in [5.41, 5.74) is 7.79. The van der Waals surface area contributed by atoms with Gasteiger partial charge in [-0.1, -0.05) is 44.2 Å². The van der Waals surface area contributed by atoms with Crippen LogP contribution in [0, 0.1) is 0 Å². The van der Waals surface area contributed by atoms with Gasteiger partial charge in [0.25, 0.3) is 0 Å². The fourth-order valence-electron chi connectivity index (χ4n) is 5.29. The molecule has 4 heterocycles. The minimum absolute atomic E-state index is 0.249. The molecule has 4 aromatic heterocycles. The summed E-state index contributed by atoms with van der Waals surface area (Å²) in [6.45, 7) is 4.33. The molecule has 8 nitrogen and oxygen atoms in total. The third-order valence-corrected chi connectivity index (χ3v) is 7.10. The molecule has 0 fully saturated rings. The van der Waals surface area contributed by atoms with Crippen molar-refractivity contribution in [3.8, 4) is 5.95 Å². The van der Waals surface area contributed by atoms with E-state index in [4.69, 9.17) is 9.97 Å². The van der Waals surface area contributed by atoms with Gasteiger partial charge in [0.1, 0.15) is 6.33 Å². The lowest BCUT2D eigenvalue weighted by molar-refractivity contribution is 0.599. The van der Waals surface area contributed by atoms with Crippen molar-refractivity contribution in [2.45, 2.75) is 45.1 Å². The van der Waals surface area contributed by atoms with Crippen LogP contribution < -0.4 is 5.32 Å². The topological polar surface area (TPSA) is 88.7 Å². The van der Waals surface area contributed by atoms with E-state index in [9.17, 15) is 0 Å². The summed E-state index contributed by atoms with van der Waals surface area (Å²) < 4.78 is 3.80. The average molecular weight is 463 g/mol. The summed E-state index contributed by atoms with van der Waals surface area (Å²) in [6, 6.07) is 16.9. The van der Waals surface area contributed by atoms with Gasteiger partial charge in [-0.3, -0.25) is 4.57 Å². The molecule has 6 aromatic rings. The van der Waals surface area contributed by atoms with Crippen LogP contribution >= 0.6 is 0 Å². The van der Waals surface area contributed by atoms with Crippen molar-refractivity contribution in [3.05, 3.63) is 77.9 Å². The van der Waals surface area contributed by atoms with E-state index >= 15 is 0 Å². The number of imidazole rings is 1. The third-order valence-electron chi connectivity index (χ3n) is 7.10. The number of nitrogens with one attached hydrogen (secondary N) is 2. The Kier molecular flexibility index (Phi) is 4.42. The van der Waals surface area contributed by atoms with Gasteiger partial charge in [0.15, 0.2) is 5.65 Å². The number of benzene rings is 2. The standard InChI is InChI=1S/C27H26N8/c1-16(2)20-14-29-35-25(20)32-26(34-15-28-23-9-5-6-10-24(23)34)33-27(35)30-17-11-12-22-19(13-17)18-7-3-4-8-21(18)31-22/h3-10,14-17,31H,11-13H2,1-2H3,(H,30,32,33). The first-order valence-electron chi connectivity index (χ1n) is 12.2. The maximum atomic E-state index is 4.96. The largest absolute Gasteiger partial charge is 0.358 e. The molecule has 0 saturated carbocycles. The van der Waals surface area contributed by atoms with Crippen molar-refractivity contribution in [2.75, 3.05) is 5.32 Å². The number of fused-ring (bicyclic) bond motifs is 5. The number of hydrogen-bond donors (Lipinski definition) is 2. The van der Waals surface area contributed by atoms with Crippen LogP contribution in [0.2, 0.25) is 0 Å². The second-order valence-corrected chi connectivity index (χ2v) is 9.65. The van der Waals surface area contributed by atoms with Crippen LogP contribution in [0.25, 0.3) is 33.5 Å². The zero-order valence-corrected chi connectivity index (χ0v) is 19.7. The molecule has 0 bridgehead atoms. The first-order chi connectivity index (χ1) is 17.2. The van der Waals surface area contributed by atoms with Crippen molar-refractivity contribution < 1.29 is 0 Å². The maximum Gasteiger partial charge on any atom is 0.240 e. The molecule has 7 rings (SSSR count). The number of aryl methyl sites for hydroxylation is 1. The van der Waals surface area contributed by atoms with Gasteiger partial charge < -0.3 is 10.3 Å². The molecule has 8 heteroatoms. The predicted molar refractivity (Wildman–Crippen MR) is 137 cm³/mol. The predicted octanol–water partition coefficient (Wildman–Crippen LogP) is 5.04. The molecule has 0 aliphatic heterocycles. The molecule has 0 saturated heterocycles. The van der Waals surface area contributed by atoms with Crippen molar-refractivity contribution in [3.63, 3.8) is 0 Å². The Morgan fingerprint density at radius 2 is 1.91 bits per heavy atom. The average Bonchev–Trinajstić information content (AvgIpc) is 3.59. The number of para-hydroxylation sites is 3. The molecule has 1 aliphatic carbocycles. The fourth-order valence-corrected chi connectivity index (χ4v) is 5.29.